The molecule has 0 bridgehead atoms. The van der Waals surface area contributed by atoms with Crippen molar-refractivity contribution in [1.82, 2.24) is 0 Å². The van der Waals surface area contributed by atoms with E-state index in [4.69, 9.17) is 0 Å². The van der Waals surface area contributed by atoms with E-state index in [-0.39, 0.29) is 47.3 Å². The van der Waals surface area contributed by atoms with Gasteiger partial charge in [0.1, 0.15) is 0 Å². The molecule has 0 radical (unpaired) electrons. The highest BCUT2D eigenvalue weighted by Crippen LogP contribution is 2.46. The number of rotatable bonds is 6. The molecular weight excluding hydrogens is 584 g/mol. The molecule has 8 rings (SSSR count). The van der Waals surface area contributed by atoms with Crippen LogP contribution in [-0.4, -0.2) is 23.6 Å². The molecule has 6 atom stereocenters. The van der Waals surface area contributed by atoms with Gasteiger partial charge in [-0.2, -0.15) is 0 Å². The Morgan fingerprint density at radius 2 is 0.851 bits per heavy atom. The second-order valence-corrected chi connectivity index (χ2v) is 13.0. The van der Waals surface area contributed by atoms with E-state index in [1.54, 1.807) is 0 Å². The van der Waals surface area contributed by atoms with Crippen molar-refractivity contribution in [3.05, 3.63) is 156 Å². The Morgan fingerprint density at radius 1 is 0.468 bits per heavy atom. The minimum absolute atomic E-state index is 0.115. The summed E-state index contributed by atoms with van der Waals surface area (Å²) in [6.07, 6.45) is 9.97. The average molecular weight is 619 g/mol. The zero-order valence-corrected chi connectivity index (χ0v) is 25.8. The van der Waals surface area contributed by atoms with Gasteiger partial charge in [0.05, 0.1) is 35.0 Å². The molecular formula is C41H34N2O4. The van der Waals surface area contributed by atoms with E-state index in [1.807, 2.05) is 121 Å². The lowest BCUT2D eigenvalue weighted by Gasteiger charge is -2.26. The molecule has 2 heterocycles. The summed E-state index contributed by atoms with van der Waals surface area (Å²) in [5, 5.41) is 0. The molecule has 0 unspecified atom stereocenters. The first-order valence-electron chi connectivity index (χ1n) is 16.4. The van der Waals surface area contributed by atoms with E-state index in [1.165, 1.54) is 9.80 Å². The molecule has 0 aromatic heterocycles. The average Bonchev–Trinajstić information content (AvgIpc) is 3.54. The molecule has 2 aliphatic carbocycles. The number of hydrogen-bond donors (Lipinski definition) is 0. The highest BCUT2D eigenvalue weighted by atomic mass is 16.2. The zero-order chi connectivity index (χ0) is 32.1. The van der Waals surface area contributed by atoms with Crippen molar-refractivity contribution >= 4 is 35.0 Å². The molecule has 4 amide bonds. The van der Waals surface area contributed by atoms with Gasteiger partial charge < -0.3 is 0 Å². The van der Waals surface area contributed by atoms with Crippen LogP contribution >= 0.6 is 0 Å². The third-order valence-corrected chi connectivity index (χ3v) is 10.4. The Morgan fingerprint density at radius 3 is 1.23 bits per heavy atom. The normalized spacial score (nSPS) is 26.6. The first kappa shape index (κ1) is 29.1. The second kappa shape index (κ2) is 11.8. The van der Waals surface area contributed by atoms with Crippen LogP contribution in [0.1, 0.15) is 46.9 Å². The molecule has 2 saturated heterocycles. The van der Waals surface area contributed by atoms with Crippen molar-refractivity contribution in [3.63, 3.8) is 0 Å². The molecule has 4 aromatic carbocycles. The van der Waals surface area contributed by atoms with Crippen LogP contribution in [0.4, 0.5) is 11.4 Å². The molecule has 4 aromatic rings. The van der Waals surface area contributed by atoms with Crippen molar-refractivity contribution in [3.8, 4) is 0 Å². The fraction of sp³-hybridized carbons (Fsp3) is 0.220. The van der Waals surface area contributed by atoms with Gasteiger partial charge >= 0.3 is 0 Å². The lowest BCUT2D eigenvalue weighted by Crippen LogP contribution is -2.31. The van der Waals surface area contributed by atoms with Crippen LogP contribution in [0.3, 0.4) is 0 Å². The summed E-state index contributed by atoms with van der Waals surface area (Å²) in [6, 6.07) is 35.1. The molecule has 232 valence electrons. The largest absolute Gasteiger partial charge is 0.274 e. The quantitative estimate of drug-likeness (QED) is 0.173. The summed E-state index contributed by atoms with van der Waals surface area (Å²) in [5.41, 5.74) is 5.34. The number of nitrogens with zero attached hydrogens (tertiary/aromatic N) is 2. The summed E-state index contributed by atoms with van der Waals surface area (Å²) >= 11 is 0. The van der Waals surface area contributed by atoms with Crippen molar-refractivity contribution < 1.29 is 19.2 Å². The molecule has 2 aliphatic heterocycles. The van der Waals surface area contributed by atoms with Gasteiger partial charge in [-0.3, -0.25) is 29.0 Å². The van der Waals surface area contributed by atoms with Gasteiger partial charge in [-0.15, -0.1) is 0 Å². The number of amides is 4. The Balaban J connectivity index is 0.963. The van der Waals surface area contributed by atoms with Gasteiger partial charge in [0, 0.05) is 11.8 Å². The third kappa shape index (κ3) is 4.96. The molecule has 0 N–H and O–H groups in total. The van der Waals surface area contributed by atoms with Crippen LogP contribution in [0, 0.1) is 23.7 Å². The molecule has 47 heavy (non-hydrogen) atoms. The van der Waals surface area contributed by atoms with Gasteiger partial charge in [0.2, 0.25) is 23.6 Å². The number of allylic oxidation sites excluding steroid dienone is 4. The number of fused-ring (bicyclic) bond motifs is 2. The van der Waals surface area contributed by atoms with E-state index >= 15 is 0 Å². The number of anilines is 2. The number of benzene rings is 4. The predicted octanol–water partition coefficient (Wildman–Crippen LogP) is 6.98. The number of imide groups is 2. The smallest absolute Gasteiger partial charge is 0.238 e. The minimum Gasteiger partial charge on any atom is -0.274 e. The van der Waals surface area contributed by atoms with E-state index in [9.17, 15) is 19.2 Å². The highest BCUT2D eigenvalue weighted by Gasteiger charge is 2.53. The van der Waals surface area contributed by atoms with Gasteiger partial charge in [-0.1, -0.05) is 109 Å². The van der Waals surface area contributed by atoms with Crippen molar-refractivity contribution in [2.45, 2.75) is 31.1 Å². The van der Waals surface area contributed by atoms with Crippen LogP contribution in [-0.2, 0) is 25.6 Å². The highest BCUT2D eigenvalue weighted by molar-refractivity contribution is 6.23. The number of hydrogen-bond acceptors (Lipinski definition) is 4. The first-order chi connectivity index (χ1) is 23.0. The fourth-order valence-corrected chi connectivity index (χ4v) is 8.04. The second-order valence-electron chi connectivity index (χ2n) is 13.0. The van der Waals surface area contributed by atoms with E-state index in [2.05, 4.69) is 12.2 Å². The first-order valence-corrected chi connectivity index (χ1v) is 16.4. The van der Waals surface area contributed by atoms with Gasteiger partial charge in [-0.05, 0) is 65.8 Å². The van der Waals surface area contributed by atoms with Gasteiger partial charge in [-0.25, -0.2) is 0 Å². The SMILES string of the molecule is O=C1[C@H]2[C@@H](c3ccccc3)C=CC[C@H]2C(=O)N1c1ccc(Cc2ccc(N3C(=O)[C@H]4[C@@H](c5ccccc5)C=CC[C@H]4C3=O)cc2)cc1. The van der Waals surface area contributed by atoms with Crippen LogP contribution in [0.25, 0.3) is 0 Å². The van der Waals surface area contributed by atoms with Crippen LogP contribution in [0.2, 0.25) is 0 Å². The Bertz CT molecular complexity index is 1770. The lowest BCUT2D eigenvalue weighted by atomic mass is 9.74. The maximum atomic E-state index is 13.7. The van der Waals surface area contributed by atoms with Crippen molar-refractivity contribution in [2.75, 3.05) is 9.80 Å². The summed E-state index contributed by atoms with van der Waals surface area (Å²) in [7, 11) is 0. The van der Waals surface area contributed by atoms with E-state index in [0.717, 1.165) is 22.3 Å². The molecule has 6 nitrogen and oxygen atoms in total. The number of carbonyl (C=O) groups is 4. The summed E-state index contributed by atoms with van der Waals surface area (Å²) in [6.45, 7) is 0. The van der Waals surface area contributed by atoms with E-state index < -0.39 is 11.8 Å². The molecule has 0 saturated carbocycles. The van der Waals surface area contributed by atoms with Crippen LogP contribution < -0.4 is 9.80 Å². The predicted molar refractivity (Wildman–Crippen MR) is 181 cm³/mol. The maximum Gasteiger partial charge on any atom is 0.238 e. The Labute approximate surface area is 274 Å². The maximum absolute atomic E-state index is 13.7. The van der Waals surface area contributed by atoms with Gasteiger partial charge in [0.15, 0.2) is 0 Å². The van der Waals surface area contributed by atoms with Crippen molar-refractivity contribution in [1.29, 1.82) is 0 Å². The topological polar surface area (TPSA) is 74.8 Å². The Hall–Kier alpha value is -5.36. The summed E-state index contributed by atoms with van der Waals surface area (Å²) < 4.78 is 0. The molecule has 6 heteroatoms. The van der Waals surface area contributed by atoms with Gasteiger partial charge in [0.25, 0.3) is 0 Å². The zero-order valence-electron chi connectivity index (χ0n) is 25.8. The molecule has 0 spiro atoms. The minimum atomic E-state index is -0.396. The van der Waals surface area contributed by atoms with Crippen LogP contribution in [0.15, 0.2) is 133 Å². The molecule has 2 fully saturated rings. The number of carbonyl (C=O) groups excluding carboxylic acids is 4. The lowest BCUT2D eigenvalue weighted by molar-refractivity contribution is -0.124. The van der Waals surface area contributed by atoms with E-state index in [0.29, 0.717) is 30.6 Å². The monoisotopic (exact) mass is 618 g/mol. The Kier molecular flexibility index (Phi) is 7.28. The molecule has 4 aliphatic rings. The van der Waals surface area contributed by atoms with Crippen molar-refractivity contribution in [2.24, 2.45) is 23.7 Å². The van der Waals surface area contributed by atoms with Crippen LogP contribution in [0.5, 0.6) is 0 Å². The standard InChI is InChI=1S/C41H34N2O4/c44-38-34-15-7-13-32(28-9-3-1-4-10-28)36(34)40(46)42(38)30-21-17-26(18-22-30)25-27-19-23-31(24-20-27)43-39(45)35-16-8-14-33(37(35)41(43)47)29-11-5-2-6-12-29/h1-14,17-24,32-37H,15-16,25H2/t32-,33-,34-,35-,36+,37+/m1/s1. The summed E-state index contributed by atoms with van der Waals surface area (Å²) in [5.74, 6) is -2.28. The fourth-order valence-electron chi connectivity index (χ4n) is 8.04. The third-order valence-electron chi connectivity index (χ3n) is 10.4. The summed E-state index contributed by atoms with van der Waals surface area (Å²) in [4.78, 5) is 57.1.